The number of carbonyl (C=O) groups excluding carboxylic acids is 1. The Morgan fingerprint density at radius 3 is 3.00 bits per heavy atom. The Bertz CT molecular complexity index is 534. The van der Waals surface area contributed by atoms with E-state index in [9.17, 15) is 4.79 Å². The van der Waals surface area contributed by atoms with Gasteiger partial charge in [-0.25, -0.2) is 9.97 Å². The number of hydrogen-bond donors (Lipinski definition) is 2. The van der Waals surface area contributed by atoms with Crippen molar-refractivity contribution in [1.82, 2.24) is 9.97 Å². The van der Waals surface area contributed by atoms with Crippen molar-refractivity contribution in [2.24, 2.45) is 11.7 Å². The number of ether oxygens (including phenoxy) is 1. The van der Waals surface area contributed by atoms with E-state index >= 15 is 0 Å². The molecule has 0 bridgehead atoms. The zero-order chi connectivity index (χ0) is 15.5. The SMILES string of the molecule is CC1CN(c2cc(NCCC(N)=O)ncn2)CC(C2CC2)O1. The van der Waals surface area contributed by atoms with E-state index in [4.69, 9.17) is 10.5 Å². The van der Waals surface area contributed by atoms with Crippen LogP contribution in [0.5, 0.6) is 0 Å². The zero-order valence-corrected chi connectivity index (χ0v) is 12.9. The maximum absolute atomic E-state index is 10.8. The molecule has 120 valence electrons. The first-order valence-electron chi connectivity index (χ1n) is 7.86. The first-order valence-corrected chi connectivity index (χ1v) is 7.86. The molecular formula is C15H23N5O2. The van der Waals surface area contributed by atoms with Gasteiger partial charge in [-0.3, -0.25) is 4.79 Å². The molecule has 2 fully saturated rings. The van der Waals surface area contributed by atoms with E-state index in [0.29, 0.717) is 24.4 Å². The Hall–Kier alpha value is -1.89. The van der Waals surface area contributed by atoms with Crippen molar-refractivity contribution in [1.29, 1.82) is 0 Å². The maximum atomic E-state index is 10.8. The molecule has 2 heterocycles. The van der Waals surface area contributed by atoms with E-state index in [2.05, 4.69) is 27.1 Å². The number of nitrogens with zero attached hydrogens (tertiary/aromatic N) is 3. The lowest BCUT2D eigenvalue weighted by molar-refractivity contribution is -0.117. The number of carbonyl (C=O) groups is 1. The summed E-state index contributed by atoms with van der Waals surface area (Å²) in [5.74, 6) is 2.00. The molecule has 7 nitrogen and oxygen atoms in total. The average Bonchev–Trinajstić information content (AvgIpc) is 3.31. The van der Waals surface area contributed by atoms with E-state index < -0.39 is 0 Å². The van der Waals surface area contributed by atoms with Crippen LogP contribution in [-0.4, -0.2) is 47.7 Å². The standard InChI is InChI=1S/C15H23N5O2/c1-10-7-20(8-12(22-10)11-2-3-11)15-6-14(18-9-19-15)17-5-4-13(16)21/h6,9-12H,2-5,7-8H2,1H3,(H2,16,21)(H,17,18,19). The van der Waals surface area contributed by atoms with Gasteiger partial charge in [-0.1, -0.05) is 0 Å². The summed E-state index contributed by atoms with van der Waals surface area (Å²) in [4.78, 5) is 21.6. The largest absolute Gasteiger partial charge is 0.371 e. The van der Waals surface area contributed by atoms with Crippen LogP contribution in [0.3, 0.4) is 0 Å². The summed E-state index contributed by atoms with van der Waals surface area (Å²) in [6, 6.07) is 1.92. The highest BCUT2D eigenvalue weighted by molar-refractivity contribution is 5.74. The minimum atomic E-state index is -0.323. The number of nitrogens with one attached hydrogen (secondary N) is 1. The first-order chi connectivity index (χ1) is 10.6. The number of anilines is 2. The van der Waals surface area contributed by atoms with Crippen LogP contribution in [0.25, 0.3) is 0 Å². The second-order valence-electron chi connectivity index (χ2n) is 6.13. The van der Waals surface area contributed by atoms with Crippen molar-refractivity contribution in [3.8, 4) is 0 Å². The number of rotatable bonds is 6. The van der Waals surface area contributed by atoms with Crippen LogP contribution in [0.2, 0.25) is 0 Å². The number of hydrogen-bond acceptors (Lipinski definition) is 6. The van der Waals surface area contributed by atoms with E-state index in [1.54, 1.807) is 6.33 Å². The van der Waals surface area contributed by atoms with Gasteiger partial charge < -0.3 is 20.7 Å². The fraction of sp³-hybridized carbons (Fsp3) is 0.667. The first kappa shape index (κ1) is 15.0. The highest BCUT2D eigenvalue weighted by atomic mass is 16.5. The second-order valence-corrected chi connectivity index (χ2v) is 6.13. The van der Waals surface area contributed by atoms with Gasteiger partial charge in [-0.2, -0.15) is 0 Å². The Morgan fingerprint density at radius 2 is 2.27 bits per heavy atom. The van der Waals surface area contributed by atoms with E-state index in [1.807, 2.05) is 6.07 Å². The molecule has 3 N–H and O–H groups in total. The van der Waals surface area contributed by atoms with Crippen molar-refractivity contribution in [3.05, 3.63) is 12.4 Å². The minimum absolute atomic E-state index is 0.209. The summed E-state index contributed by atoms with van der Waals surface area (Å²) in [6.07, 6.45) is 4.90. The number of nitrogens with two attached hydrogens (primary N) is 1. The van der Waals surface area contributed by atoms with Gasteiger partial charge >= 0.3 is 0 Å². The third-order valence-electron chi connectivity index (χ3n) is 4.09. The van der Waals surface area contributed by atoms with E-state index in [-0.39, 0.29) is 18.4 Å². The van der Waals surface area contributed by atoms with Gasteiger partial charge in [-0.05, 0) is 25.7 Å². The van der Waals surface area contributed by atoms with Gasteiger partial charge in [-0.15, -0.1) is 0 Å². The molecule has 1 aliphatic heterocycles. The lowest BCUT2D eigenvalue weighted by Gasteiger charge is -2.37. The van der Waals surface area contributed by atoms with Crippen LogP contribution in [0.15, 0.2) is 12.4 Å². The molecule has 0 aromatic carbocycles. The molecule has 0 radical (unpaired) electrons. The van der Waals surface area contributed by atoms with Crippen LogP contribution in [0.4, 0.5) is 11.6 Å². The molecular weight excluding hydrogens is 282 g/mol. The highest BCUT2D eigenvalue weighted by Crippen LogP contribution is 2.37. The Morgan fingerprint density at radius 1 is 1.45 bits per heavy atom. The summed E-state index contributed by atoms with van der Waals surface area (Å²) in [7, 11) is 0. The molecule has 1 saturated heterocycles. The number of aromatic nitrogens is 2. The summed E-state index contributed by atoms with van der Waals surface area (Å²) in [5.41, 5.74) is 5.13. The third kappa shape index (κ3) is 3.85. The fourth-order valence-electron chi connectivity index (χ4n) is 2.83. The number of morpholine rings is 1. The molecule has 1 saturated carbocycles. The van der Waals surface area contributed by atoms with Gasteiger partial charge in [0.2, 0.25) is 5.91 Å². The van der Waals surface area contributed by atoms with Crippen molar-refractivity contribution in [3.63, 3.8) is 0 Å². The van der Waals surface area contributed by atoms with E-state index in [0.717, 1.165) is 18.9 Å². The summed E-state index contributed by atoms with van der Waals surface area (Å²) in [5, 5.41) is 3.10. The molecule has 2 aliphatic rings. The maximum Gasteiger partial charge on any atom is 0.219 e. The van der Waals surface area contributed by atoms with E-state index in [1.165, 1.54) is 12.8 Å². The normalized spacial score (nSPS) is 25.0. The van der Waals surface area contributed by atoms with Crippen LogP contribution in [-0.2, 0) is 9.53 Å². The Kier molecular flexibility index (Phi) is 4.42. The average molecular weight is 305 g/mol. The van der Waals surface area contributed by atoms with Crippen LogP contribution >= 0.6 is 0 Å². The molecule has 2 unspecified atom stereocenters. The fourth-order valence-corrected chi connectivity index (χ4v) is 2.83. The molecule has 1 aromatic heterocycles. The number of amides is 1. The Labute approximate surface area is 130 Å². The van der Waals surface area contributed by atoms with Gasteiger partial charge in [0.05, 0.1) is 12.2 Å². The molecule has 2 atom stereocenters. The van der Waals surface area contributed by atoms with Gasteiger partial charge in [0.15, 0.2) is 0 Å². The number of primary amides is 1. The summed E-state index contributed by atoms with van der Waals surface area (Å²) in [6.45, 7) is 4.30. The van der Waals surface area contributed by atoms with Gasteiger partial charge in [0, 0.05) is 32.1 Å². The molecule has 1 aliphatic carbocycles. The molecule has 22 heavy (non-hydrogen) atoms. The summed E-state index contributed by atoms with van der Waals surface area (Å²) < 4.78 is 6.03. The predicted octanol–water partition coefficient (Wildman–Crippen LogP) is 0.768. The van der Waals surface area contributed by atoms with Crippen molar-refractivity contribution in [2.45, 2.75) is 38.4 Å². The molecule has 1 amide bonds. The van der Waals surface area contributed by atoms with Gasteiger partial charge in [0.25, 0.3) is 0 Å². The van der Waals surface area contributed by atoms with Gasteiger partial charge in [0.1, 0.15) is 18.0 Å². The third-order valence-corrected chi connectivity index (χ3v) is 4.09. The molecule has 1 aromatic rings. The Balaban J connectivity index is 1.64. The van der Waals surface area contributed by atoms with Crippen LogP contribution in [0, 0.1) is 5.92 Å². The minimum Gasteiger partial charge on any atom is -0.371 e. The van der Waals surface area contributed by atoms with Crippen LogP contribution in [0.1, 0.15) is 26.2 Å². The molecule has 3 rings (SSSR count). The lowest BCUT2D eigenvalue weighted by Crippen LogP contribution is -2.47. The smallest absolute Gasteiger partial charge is 0.219 e. The zero-order valence-electron chi connectivity index (χ0n) is 12.9. The van der Waals surface area contributed by atoms with Crippen molar-refractivity contribution < 1.29 is 9.53 Å². The topological polar surface area (TPSA) is 93.4 Å². The van der Waals surface area contributed by atoms with Crippen molar-refractivity contribution in [2.75, 3.05) is 29.9 Å². The monoisotopic (exact) mass is 305 g/mol. The quantitative estimate of drug-likeness (QED) is 0.806. The molecule has 0 spiro atoms. The van der Waals surface area contributed by atoms with Crippen molar-refractivity contribution >= 4 is 17.5 Å². The predicted molar refractivity (Wildman–Crippen MR) is 83.6 cm³/mol. The van der Waals surface area contributed by atoms with Crippen LogP contribution < -0.4 is 16.0 Å². The molecule has 7 heteroatoms. The lowest BCUT2D eigenvalue weighted by atomic mass is 10.1. The summed E-state index contributed by atoms with van der Waals surface area (Å²) >= 11 is 0. The second kappa shape index (κ2) is 6.48. The highest BCUT2D eigenvalue weighted by Gasteiger charge is 2.37.